The molecule has 1 aromatic rings. The fourth-order valence-corrected chi connectivity index (χ4v) is 1.33. The molecule has 2 N–H and O–H groups in total. The minimum atomic E-state index is -2.35. The minimum absolute atomic E-state index is 0.254. The van der Waals surface area contributed by atoms with Gasteiger partial charge in [-0.25, -0.2) is 8.60 Å². The molecule has 4 nitrogen and oxygen atoms in total. The fourth-order valence-electron chi connectivity index (χ4n) is 0.923. The Morgan fingerprint density at radius 3 is 2.64 bits per heavy atom. The van der Waals surface area contributed by atoms with Crippen LogP contribution < -0.4 is 5.32 Å². The summed E-state index contributed by atoms with van der Waals surface area (Å²) in [6, 6.07) is 3.50. The second kappa shape index (κ2) is 4.30. The van der Waals surface area contributed by atoms with Crippen LogP contribution in [0.2, 0.25) is 0 Å². The highest BCUT2D eigenvalue weighted by atomic mass is 32.2. The van der Waals surface area contributed by atoms with Gasteiger partial charge in [-0.1, -0.05) is 0 Å². The molecule has 0 bridgehead atoms. The number of nitrogens with one attached hydrogen (secondary N) is 1. The van der Waals surface area contributed by atoms with E-state index in [2.05, 4.69) is 5.32 Å². The molecule has 0 fully saturated rings. The van der Waals surface area contributed by atoms with Crippen molar-refractivity contribution in [3.63, 3.8) is 0 Å². The van der Waals surface area contributed by atoms with Crippen LogP contribution in [0.4, 0.5) is 10.1 Å². The van der Waals surface area contributed by atoms with E-state index in [0.29, 0.717) is 0 Å². The van der Waals surface area contributed by atoms with E-state index in [0.717, 1.165) is 12.1 Å². The standard InChI is InChI=1S/C8H8FNO3S/c1-5(11)10-6-2-3-8(14(12)13)7(9)4-6/h2-4H,1H3,(H,10,11)(H,12,13). The molecule has 0 radical (unpaired) electrons. The first-order valence-corrected chi connectivity index (χ1v) is 4.79. The summed E-state index contributed by atoms with van der Waals surface area (Å²) in [5.41, 5.74) is 0.254. The lowest BCUT2D eigenvalue weighted by molar-refractivity contribution is -0.114. The van der Waals surface area contributed by atoms with E-state index in [4.69, 9.17) is 4.55 Å². The molecule has 76 valence electrons. The summed E-state index contributed by atoms with van der Waals surface area (Å²) >= 11 is -2.35. The van der Waals surface area contributed by atoms with Crippen molar-refractivity contribution in [1.82, 2.24) is 0 Å². The number of carbonyl (C=O) groups is 1. The molecule has 0 aliphatic heterocycles. The Morgan fingerprint density at radius 1 is 1.57 bits per heavy atom. The van der Waals surface area contributed by atoms with E-state index >= 15 is 0 Å². The SMILES string of the molecule is CC(=O)Nc1ccc(S(=O)O)c(F)c1. The van der Waals surface area contributed by atoms with Crippen LogP contribution in [0.25, 0.3) is 0 Å². The third kappa shape index (κ3) is 2.61. The Morgan fingerprint density at radius 2 is 2.21 bits per heavy atom. The van der Waals surface area contributed by atoms with Crippen molar-refractivity contribution < 1.29 is 17.9 Å². The van der Waals surface area contributed by atoms with E-state index < -0.39 is 16.9 Å². The maximum absolute atomic E-state index is 13.0. The molecule has 0 heterocycles. The Labute approximate surface area is 82.4 Å². The Balaban J connectivity index is 3.00. The predicted octanol–water partition coefficient (Wildman–Crippen LogP) is 1.36. The smallest absolute Gasteiger partial charge is 0.221 e. The van der Waals surface area contributed by atoms with Crippen LogP contribution in [0.1, 0.15) is 6.92 Å². The highest BCUT2D eigenvalue weighted by Gasteiger charge is 2.08. The summed E-state index contributed by atoms with van der Waals surface area (Å²) < 4.78 is 32.2. The van der Waals surface area contributed by atoms with E-state index in [1.54, 1.807) is 0 Å². The van der Waals surface area contributed by atoms with E-state index in [1.807, 2.05) is 0 Å². The van der Waals surface area contributed by atoms with Crippen molar-refractivity contribution in [2.24, 2.45) is 0 Å². The molecule has 1 rings (SSSR count). The molecule has 1 unspecified atom stereocenters. The van der Waals surface area contributed by atoms with Gasteiger partial charge < -0.3 is 9.87 Å². The fraction of sp³-hybridized carbons (Fsp3) is 0.125. The van der Waals surface area contributed by atoms with Gasteiger partial charge in [0.1, 0.15) is 10.7 Å². The first-order valence-electron chi connectivity index (χ1n) is 3.68. The van der Waals surface area contributed by atoms with Crippen LogP contribution in [-0.4, -0.2) is 14.7 Å². The quantitative estimate of drug-likeness (QED) is 0.735. The van der Waals surface area contributed by atoms with Gasteiger partial charge in [0, 0.05) is 12.6 Å². The number of benzene rings is 1. The van der Waals surface area contributed by atoms with Crippen molar-refractivity contribution in [2.75, 3.05) is 5.32 Å². The molecule has 0 spiro atoms. The van der Waals surface area contributed by atoms with Crippen molar-refractivity contribution in [2.45, 2.75) is 11.8 Å². The van der Waals surface area contributed by atoms with Crippen LogP contribution in [-0.2, 0) is 15.9 Å². The second-order valence-electron chi connectivity index (χ2n) is 2.58. The molecule has 1 atom stereocenters. The summed E-state index contributed by atoms with van der Waals surface area (Å²) in [6.07, 6.45) is 0. The maximum atomic E-state index is 13.0. The average molecular weight is 217 g/mol. The van der Waals surface area contributed by atoms with Crippen LogP contribution in [0.15, 0.2) is 23.1 Å². The lowest BCUT2D eigenvalue weighted by atomic mass is 10.3. The first-order chi connectivity index (χ1) is 6.50. The predicted molar refractivity (Wildman–Crippen MR) is 49.7 cm³/mol. The third-order valence-corrected chi connectivity index (χ3v) is 2.15. The molecule has 0 aliphatic carbocycles. The zero-order chi connectivity index (χ0) is 10.7. The molecule has 14 heavy (non-hydrogen) atoms. The number of anilines is 1. The first kappa shape index (κ1) is 10.8. The molecule has 0 aromatic heterocycles. The summed E-state index contributed by atoms with van der Waals surface area (Å²) in [7, 11) is 0. The number of amides is 1. The molecule has 0 saturated heterocycles. The molecular formula is C8H8FNO3S. The van der Waals surface area contributed by atoms with Crippen molar-refractivity contribution in [3.8, 4) is 0 Å². The number of halogens is 1. The van der Waals surface area contributed by atoms with Gasteiger partial charge >= 0.3 is 0 Å². The highest BCUT2D eigenvalue weighted by molar-refractivity contribution is 7.79. The molecular weight excluding hydrogens is 209 g/mol. The van der Waals surface area contributed by atoms with Crippen LogP contribution in [0.3, 0.4) is 0 Å². The average Bonchev–Trinajstić information content (AvgIpc) is 2.01. The zero-order valence-corrected chi connectivity index (χ0v) is 8.10. The van der Waals surface area contributed by atoms with Crippen LogP contribution in [0, 0.1) is 5.82 Å². The van der Waals surface area contributed by atoms with E-state index in [1.165, 1.54) is 13.0 Å². The van der Waals surface area contributed by atoms with Gasteiger partial charge in [0.15, 0.2) is 11.1 Å². The summed E-state index contributed by atoms with van der Waals surface area (Å²) in [4.78, 5) is 10.3. The van der Waals surface area contributed by atoms with Gasteiger partial charge in [-0.2, -0.15) is 0 Å². The number of hydrogen-bond acceptors (Lipinski definition) is 2. The third-order valence-electron chi connectivity index (χ3n) is 1.44. The van der Waals surface area contributed by atoms with Gasteiger partial charge in [-0.15, -0.1) is 0 Å². The van der Waals surface area contributed by atoms with Gasteiger partial charge in [0.25, 0.3) is 0 Å². The number of hydrogen-bond donors (Lipinski definition) is 2. The Kier molecular flexibility index (Phi) is 3.32. The van der Waals surface area contributed by atoms with Crippen molar-refractivity contribution in [1.29, 1.82) is 0 Å². The topological polar surface area (TPSA) is 66.4 Å². The normalized spacial score (nSPS) is 12.2. The van der Waals surface area contributed by atoms with Crippen LogP contribution in [0.5, 0.6) is 0 Å². The lowest BCUT2D eigenvalue weighted by Gasteiger charge is -2.03. The number of rotatable bonds is 2. The maximum Gasteiger partial charge on any atom is 0.221 e. The molecule has 6 heteroatoms. The molecule has 1 aromatic carbocycles. The lowest BCUT2D eigenvalue weighted by Crippen LogP contribution is -2.06. The van der Waals surface area contributed by atoms with Gasteiger partial charge in [0.2, 0.25) is 5.91 Å². The van der Waals surface area contributed by atoms with Crippen LogP contribution >= 0.6 is 0 Å². The molecule has 0 aliphatic rings. The molecule has 1 amide bonds. The Bertz CT molecular complexity index is 394. The van der Waals surface area contributed by atoms with Crippen molar-refractivity contribution >= 4 is 22.7 Å². The number of carbonyl (C=O) groups excluding carboxylic acids is 1. The highest BCUT2D eigenvalue weighted by Crippen LogP contribution is 2.16. The monoisotopic (exact) mass is 217 g/mol. The summed E-state index contributed by atoms with van der Waals surface area (Å²) in [5, 5.41) is 2.35. The van der Waals surface area contributed by atoms with Gasteiger partial charge in [0.05, 0.1) is 0 Å². The van der Waals surface area contributed by atoms with Crippen molar-refractivity contribution in [3.05, 3.63) is 24.0 Å². The van der Waals surface area contributed by atoms with Gasteiger partial charge in [-0.05, 0) is 18.2 Å². The molecule has 0 saturated carbocycles. The zero-order valence-electron chi connectivity index (χ0n) is 7.28. The van der Waals surface area contributed by atoms with Gasteiger partial charge in [-0.3, -0.25) is 4.79 Å². The summed E-state index contributed by atoms with van der Waals surface area (Å²) in [5.74, 6) is -1.15. The van der Waals surface area contributed by atoms with E-state index in [9.17, 15) is 13.4 Å². The second-order valence-corrected chi connectivity index (χ2v) is 3.51. The minimum Gasteiger partial charge on any atom is -0.326 e. The Hall–Kier alpha value is -1.27. The summed E-state index contributed by atoms with van der Waals surface area (Å²) in [6.45, 7) is 1.29. The largest absolute Gasteiger partial charge is 0.326 e. The van der Waals surface area contributed by atoms with E-state index in [-0.39, 0.29) is 16.5 Å².